The van der Waals surface area contributed by atoms with Crippen LogP contribution < -0.4 is 4.74 Å². The van der Waals surface area contributed by atoms with Crippen LogP contribution in [0.3, 0.4) is 0 Å². The number of halogens is 4. The van der Waals surface area contributed by atoms with E-state index in [1.165, 1.54) is 19.0 Å². The Kier molecular flexibility index (Phi) is 7.34. The van der Waals surface area contributed by atoms with Crippen molar-refractivity contribution in [2.24, 2.45) is 5.92 Å². The van der Waals surface area contributed by atoms with Crippen molar-refractivity contribution in [1.82, 2.24) is 9.88 Å². The molecule has 7 heteroatoms. The maximum Gasteiger partial charge on any atom is 0.421 e. The Morgan fingerprint density at radius 2 is 2.04 bits per heavy atom. The van der Waals surface area contributed by atoms with Crippen LogP contribution in [0.5, 0.6) is 5.88 Å². The van der Waals surface area contributed by atoms with Crippen molar-refractivity contribution in [3.63, 3.8) is 0 Å². The predicted molar refractivity (Wildman–Crippen MR) is 91.1 cm³/mol. The number of pyridine rings is 1. The van der Waals surface area contributed by atoms with Crippen molar-refractivity contribution < 1.29 is 17.9 Å². The Hall–Kier alpha value is -0.820. The fraction of sp³-hybridized carbons (Fsp3) is 0.706. The molecule has 0 radical (unpaired) electrons. The van der Waals surface area contributed by atoms with E-state index in [-0.39, 0.29) is 12.5 Å². The minimum absolute atomic E-state index is 0.275. The molecule has 1 fully saturated rings. The molecule has 0 unspecified atom stereocenters. The third-order valence-electron chi connectivity index (χ3n) is 4.42. The first-order chi connectivity index (χ1) is 11.4. The van der Waals surface area contributed by atoms with Crippen molar-refractivity contribution in [3.8, 4) is 5.88 Å². The molecule has 1 aliphatic rings. The second kappa shape index (κ2) is 9.04. The first-order valence-corrected chi connectivity index (χ1v) is 9.27. The molecule has 136 valence electrons. The number of likely N-dealkylation sites (tertiary alicyclic amines) is 1. The van der Waals surface area contributed by atoms with Gasteiger partial charge in [0, 0.05) is 10.7 Å². The molecule has 0 saturated carbocycles. The molecule has 3 nitrogen and oxygen atoms in total. The van der Waals surface area contributed by atoms with Gasteiger partial charge in [0.25, 0.3) is 0 Å². The van der Waals surface area contributed by atoms with Crippen molar-refractivity contribution in [3.05, 3.63) is 22.3 Å². The zero-order valence-corrected chi connectivity index (χ0v) is 15.5. The molecule has 0 spiro atoms. The highest BCUT2D eigenvalue weighted by Gasteiger charge is 2.35. The summed E-state index contributed by atoms with van der Waals surface area (Å²) in [6.45, 7) is 5.77. The number of hydrogen-bond acceptors (Lipinski definition) is 3. The van der Waals surface area contributed by atoms with Gasteiger partial charge in [-0.15, -0.1) is 0 Å². The molecule has 0 amide bonds. The van der Waals surface area contributed by atoms with E-state index in [4.69, 9.17) is 4.74 Å². The van der Waals surface area contributed by atoms with Gasteiger partial charge in [-0.05, 0) is 73.2 Å². The van der Waals surface area contributed by atoms with Crippen molar-refractivity contribution >= 4 is 15.9 Å². The Labute approximate surface area is 149 Å². The summed E-state index contributed by atoms with van der Waals surface area (Å²) >= 11 is 3.02. The number of piperidine rings is 1. The second-order valence-corrected chi connectivity index (χ2v) is 7.20. The maximum atomic E-state index is 13.0. The summed E-state index contributed by atoms with van der Waals surface area (Å²) in [5.74, 6) is 0.193. The minimum Gasteiger partial charge on any atom is -0.477 e. The molecule has 2 rings (SSSR count). The van der Waals surface area contributed by atoms with Gasteiger partial charge in [0.1, 0.15) is 5.56 Å². The van der Waals surface area contributed by atoms with Crippen LogP contribution in [0.2, 0.25) is 0 Å². The van der Waals surface area contributed by atoms with E-state index in [9.17, 15) is 13.2 Å². The summed E-state index contributed by atoms with van der Waals surface area (Å²) in [5.41, 5.74) is -0.828. The first kappa shape index (κ1) is 19.5. The highest BCUT2D eigenvalue weighted by molar-refractivity contribution is 9.10. The zero-order chi connectivity index (χ0) is 17.6. The summed E-state index contributed by atoms with van der Waals surface area (Å²) in [5, 5.41) is 0. The molecular formula is C17H24BrF3N2O. The van der Waals surface area contributed by atoms with Crippen LogP contribution in [-0.2, 0) is 6.18 Å². The van der Waals surface area contributed by atoms with Gasteiger partial charge in [-0.3, -0.25) is 0 Å². The molecule has 1 aromatic rings. The van der Waals surface area contributed by atoms with Crippen molar-refractivity contribution in [1.29, 1.82) is 0 Å². The van der Waals surface area contributed by atoms with Crippen LogP contribution in [0.1, 0.15) is 44.6 Å². The number of unbranched alkanes of at least 4 members (excludes halogenated alkanes) is 1. The van der Waals surface area contributed by atoms with E-state index in [0.717, 1.165) is 45.0 Å². The number of aromatic nitrogens is 1. The van der Waals surface area contributed by atoms with Crippen LogP contribution >= 0.6 is 15.9 Å². The molecule has 0 aromatic carbocycles. The highest BCUT2D eigenvalue weighted by Crippen LogP contribution is 2.36. The van der Waals surface area contributed by atoms with E-state index >= 15 is 0 Å². The van der Waals surface area contributed by atoms with Crippen LogP contribution in [0.4, 0.5) is 13.2 Å². The molecule has 0 bridgehead atoms. The lowest BCUT2D eigenvalue weighted by Gasteiger charge is -2.31. The van der Waals surface area contributed by atoms with E-state index in [1.807, 2.05) is 0 Å². The summed E-state index contributed by atoms with van der Waals surface area (Å²) < 4.78 is 44.7. The molecule has 0 atom stereocenters. The van der Waals surface area contributed by atoms with Gasteiger partial charge >= 0.3 is 6.18 Å². The molecule has 24 heavy (non-hydrogen) atoms. The van der Waals surface area contributed by atoms with Gasteiger partial charge in [0.15, 0.2) is 0 Å². The fourth-order valence-corrected chi connectivity index (χ4v) is 3.28. The molecule has 2 heterocycles. The molecule has 1 saturated heterocycles. The van der Waals surface area contributed by atoms with E-state index in [0.29, 0.717) is 10.4 Å². The largest absolute Gasteiger partial charge is 0.477 e. The number of hydrogen-bond donors (Lipinski definition) is 0. The van der Waals surface area contributed by atoms with Crippen molar-refractivity contribution in [2.45, 2.75) is 45.2 Å². The monoisotopic (exact) mass is 408 g/mol. The van der Waals surface area contributed by atoms with Crippen LogP contribution in [-0.4, -0.2) is 36.1 Å². The minimum atomic E-state index is -4.46. The topological polar surface area (TPSA) is 25.4 Å². The normalized spacial score (nSPS) is 17.2. The number of ether oxygens (including phenoxy) is 1. The first-order valence-electron chi connectivity index (χ1n) is 8.48. The molecule has 0 aliphatic carbocycles. The zero-order valence-electron chi connectivity index (χ0n) is 13.9. The van der Waals surface area contributed by atoms with E-state index in [2.05, 4.69) is 32.7 Å². The SMILES string of the molecule is CCCCN1CCC(CCOc2ncc(Br)cc2C(F)(F)F)CC1. The second-order valence-electron chi connectivity index (χ2n) is 6.28. The average molecular weight is 409 g/mol. The highest BCUT2D eigenvalue weighted by atomic mass is 79.9. The van der Waals surface area contributed by atoms with Crippen LogP contribution in [0, 0.1) is 5.92 Å². The Balaban J connectivity index is 1.79. The van der Waals surface area contributed by atoms with Gasteiger partial charge in [-0.1, -0.05) is 13.3 Å². The number of rotatable bonds is 7. The molecule has 1 aromatic heterocycles. The summed E-state index contributed by atoms with van der Waals surface area (Å²) in [7, 11) is 0. The lowest BCUT2D eigenvalue weighted by atomic mass is 9.94. The molecule has 0 N–H and O–H groups in total. The third kappa shape index (κ3) is 5.92. The van der Waals surface area contributed by atoms with Gasteiger partial charge in [-0.2, -0.15) is 13.2 Å². The van der Waals surface area contributed by atoms with E-state index in [1.54, 1.807) is 0 Å². The van der Waals surface area contributed by atoms with Gasteiger partial charge < -0.3 is 9.64 Å². The van der Waals surface area contributed by atoms with Crippen LogP contribution in [0.25, 0.3) is 0 Å². The average Bonchev–Trinajstić information content (AvgIpc) is 2.54. The lowest BCUT2D eigenvalue weighted by Crippen LogP contribution is -2.34. The Bertz CT molecular complexity index is 517. The molecular weight excluding hydrogens is 385 g/mol. The summed E-state index contributed by atoms with van der Waals surface area (Å²) in [4.78, 5) is 6.25. The van der Waals surface area contributed by atoms with Gasteiger partial charge in [0.2, 0.25) is 5.88 Å². The fourth-order valence-electron chi connectivity index (χ4n) is 2.95. The standard InChI is InChI=1S/C17H24BrF3N2O/c1-2-3-7-23-8-4-13(5-9-23)6-10-24-16-15(17(19,20)21)11-14(18)12-22-16/h11-13H,2-10H2,1H3. The number of nitrogens with zero attached hydrogens (tertiary/aromatic N) is 2. The summed E-state index contributed by atoms with van der Waals surface area (Å²) in [6.07, 6.45) is 2.25. The third-order valence-corrected chi connectivity index (χ3v) is 4.86. The summed E-state index contributed by atoms with van der Waals surface area (Å²) in [6, 6.07) is 1.01. The van der Waals surface area contributed by atoms with Gasteiger partial charge in [0.05, 0.1) is 6.61 Å². The number of alkyl halides is 3. The van der Waals surface area contributed by atoms with Gasteiger partial charge in [-0.25, -0.2) is 4.98 Å². The van der Waals surface area contributed by atoms with E-state index < -0.39 is 11.7 Å². The smallest absolute Gasteiger partial charge is 0.421 e. The quantitative estimate of drug-likeness (QED) is 0.623. The lowest BCUT2D eigenvalue weighted by molar-refractivity contribution is -0.139. The molecule has 1 aliphatic heterocycles. The predicted octanol–water partition coefficient (Wildman–Crippen LogP) is 5.14. The van der Waals surface area contributed by atoms with Crippen LogP contribution in [0.15, 0.2) is 16.7 Å². The van der Waals surface area contributed by atoms with Crippen molar-refractivity contribution in [2.75, 3.05) is 26.2 Å². The Morgan fingerprint density at radius 3 is 2.67 bits per heavy atom. The Morgan fingerprint density at radius 1 is 1.33 bits per heavy atom. The maximum absolute atomic E-state index is 13.0.